The largest absolute Gasteiger partial charge is 0.487 e. The molecule has 26 heavy (non-hydrogen) atoms. The van der Waals surface area contributed by atoms with Crippen molar-refractivity contribution >= 4 is 5.91 Å². The van der Waals surface area contributed by atoms with E-state index in [-0.39, 0.29) is 29.5 Å². The molecule has 1 saturated heterocycles. The van der Waals surface area contributed by atoms with Gasteiger partial charge in [-0.3, -0.25) is 4.79 Å². The van der Waals surface area contributed by atoms with Crippen LogP contribution >= 0.6 is 0 Å². The first kappa shape index (κ1) is 16.8. The number of rotatable bonds is 4. The number of ether oxygens (including phenoxy) is 2. The molecule has 2 aliphatic rings. The van der Waals surface area contributed by atoms with Crippen LogP contribution < -0.4 is 9.47 Å². The Bertz CT molecular complexity index is 813. The van der Waals surface area contributed by atoms with Gasteiger partial charge in [0, 0.05) is 25.2 Å². The molecule has 2 heterocycles. The Hall–Kier alpha value is -2.63. The van der Waals surface area contributed by atoms with Crippen LogP contribution in [0.25, 0.3) is 0 Å². The van der Waals surface area contributed by atoms with Crippen molar-refractivity contribution in [2.24, 2.45) is 11.8 Å². The minimum atomic E-state index is -0.345. The summed E-state index contributed by atoms with van der Waals surface area (Å²) < 4.78 is 25.0. The van der Waals surface area contributed by atoms with Crippen molar-refractivity contribution in [3.8, 4) is 11.6 Å². The van der Waals surface area contributed by atoms with Crippen molar-refractivity contribution in [3.05, 3.63) is 54.0 Å². The highest BCUT2D eigenvalue weighted by atomic mass is 19.1. The van der Waals surface area contributed by atoms with Crippen LogP contribution in [0.5, 0.6) is 11.6 Å². The third-order valence-electron chi connectivity index (χ3n) is 5.39. The number of carbonyl (C=O) groups is 1. The summed E-state index contributed by atoms with van der Waals surface area (Å²) in [5.74, 6) is 0.821. The Balaban J connectivity index is 1.47. The molecule has 2 fully saturated rings. The lowest BCUT2D eigenvalue weighted by atomic mass is 9.99. The minimum absolute atomic E-state index is 0.0644. The quantitative estimate of drug-likeness (QED) is 0.844. The van der Waals surface area contributed by atoms with Crippen molar-refractivity contribution < 1.29 is 18.7 Å². The van der Waals surface area contributed by atoms with E-state index in [9.17, 15) is 9.18 Å². The molecule has 6 heteroatoms. The van der Waals surface area contributed by atoms with Crippen molar-refractivity contribution in [2.45, 2.75) is 18.9 Å². The monoisotopic (exact) mass is 356 g/mol. The lowest BCUT2D eigenvalue weighted by Gasteiger charge is -2.22. The van der Waals surface area contributed by atoms with E-state index in [1.165, 1.54) is 13.2 Å². The first-order valence-electron chi connectivity index (χ1n) is 8.87. The van der Waals surface area contributed by atoms with Crippen LogP contribution in [0, 0.1) is 17.7 Å². The Morgan fingerprint density at radius 1 is 1.19 bits per heavy atom. The fourth-order valence-corrected chi connectivity index (χ4v) is 4.12. The number of likely N-dealkylation sites (tertiary alicyclic amines) is 1. The number of fused-ring (bicyclic) bond motifs is 1. The van der Waals surface area contributed by atoms with E-state index in [1.54, 1.807) is 36.5 Å². The first-order chi connectivity index (χ1) is 12.7. The molecule has 1 aromatic heterocycles. The fraction of sp³-hybridized carbons (Fsp3) is 0.400. The maximum absolute atomic E-state index is 13.9. The van der Waals surface area contributed by atoms with E-state index in [0.29, 0.717) is 30.5 Å². The maximum atomic E-state index is 13.9. The van der Waals surface area contributed by atoms with Crippen LogP contribution in [0.3, 0.4) is 0 Å². The van der Waals surface area contributed by atoms with E-state index in [2.05, 4.69) is 4.98 Å². The highest BCUT2D eigenvalue weighted by Gasteiger charge is 2.45. The zero-order valence-electron chi connectivity index (χ0n) is 14.6. The molecule has 1 amide bonds. The topological polar surface area (TPSA) is 51.7 Å². The number of hydrogen-bond donors (Lipinski definition) is 0. The molecule has 5 nitrogen and oxygen atoms in total. The second kappa shape index (κ2) is 6.94. The van der Waals surface area contributed by atoms with Crippen molar-refractivity contribution in [3.63, 3.8) is 0 Å². The number of amides is 1. The predicted molar refractivity (Wildman–Crippen MR) is 93.7 cm³/mol. The zero-order chi connectivity index (χ0) is 18.1. The van der Waals surface area contributed by atoms with Crippen molar-refractivity contribution in [2.75, 3.05) is 20.2 Å². The molecule has 1 aromatic carbocycles. The number of para-hydroxylation sites is 1. The Morgan fingerprint density at radius 3 is 2.85 bits per heavy atom. The Kier molecular flexibility index (Phi) is 4.49. The van der Waals surface area contributed by atoms with Gasteiger partial charge in [-0.25, -0.2) is 9.37 Å². The lowest BCUT2D eigenvalue weighted by Crippen LogP contribution is -2.32. The number of methoxy groups -OCH3 is 1. The molecule has 0 unspecified atom stereocenters. The molecule has 2 aromatic rings. The number of halogens is 1. The summed E-state index contributed by atoms with van der Waals surface area (Å²) in [4.78, 5) is 18.8. The van der Waals surface area contributed by atoms with Gasteiger partial charge in [-0.1, -0.05) is 12.1 Å². The molecule has 0 N–H and O–H groups in total. The van der Waals surface area contributed by atoms with E-state index in [4.69, 9.17) is 9.47 Å². The maximum Gasteiger partial charge on any atom is 0.259 e. The molecule has 0 radical (unpaired) electrons. The van der Waals surface area contributed by atoms with Crippen LogP contribution in [0.2, 0.25) is 0 Å². The molecular weight excluding hydrogens is 335 g/mol. The van der Waals surface area contributed by atoms with Gasteiger partial charge in [-0.2, -0.15) is 0 Å². The molecule has 136 valence electrons. The third-order valence-corrected chi connectivity index (χ3v) is 5.39. The van der Waals surface area contributed by atoms with Crippen LogP contribution in [0.15, 0.2) is 42.6 Å². The van der Waals surface area contributed by atoms with E-state index in [0.717, 1.165) is 12.8 Å². The van der Waals surface area contributed by atoms with Gasteiger partial charge in [-0.15, -0.1) is 0 Å². The number of nitrogens with zero attached hydrogens (tertiary/aromatic N) is 2. The summed E-state index contributed by atoms with van der Waals surface area (Å²) >= 11 is 0. The van der Waals surface area contributed by atoms with Gasteiger partial charge in [0.15, 0.2) is 11.6 Å². The SMILES string of the molecule is COc1ncccc1C(=O)N1C[C@@H]2CC[C@H](Oc3ccccc3F)[C@@H]2C1. The molecule has 3 atom stereocenters. The van der Waals surface area contributed by atoms with Gasteiger partial charge in [0.05, 0.1) is 7.11 Å². The molecule has 1 aliphatic carbocycles. The summed E-state index contributed by atoms with van der Waals surface area (Å²) in [6.45, 7) is 1.30. The number of pyridine rings is 1. The average molecular weight is 356 g/mol. The smallest absolute Gasteiger partial charge is 0.259 e. The highest BCUT2D eigenvalue weighted by Crippen LogP contribution is 2.41. The van der Waals surface area contributed by atoms with Gasteiger partial charge >= 0.3 is 0 Å². The first-order valence-corrected chi connectivity index (χ1v) is 8.87. The minimum Gasteiger partial charge on any atom is -0.487 e. The Morgan fingerprint density at radius 2 is 2.04 bits per heavy atom. The lowest BCUT2D eigenvalue weighted by molar-refractivity contribution is 0.0757. The number of hydrogen-bond acceptors (Lipinski definition) is 4. The van der Waals surface area contributed by atoms with Gasteiger partial charge in [0.25, 0.3) is 5.91 Å². The molecule has 0 bridgehead atoms. The third kappa shape index (κ3) is 3.00. The van der Waals surface area contributed by atoms with Crippen LogP contribution in [0.1, 0.15) is 23.2 Å². The molecule has 0 spiro atoms. The second-order valence-electron chi connectivity index (χ2n) is 6.86. The van der Waals surface area contributed by atoms with Gasteiger partial charge in [-0.05, 0) is 43.0 Å². The summed E-state index contributed by atoms with van der Waals surface area (Å²) in [7, 11) is 1.51. The Labute approximate surface area is 151 Å². The van der Waals surface area contributed by atoms with Gasteiger partial charge in [0.2, 0.25) is 5.88 Å². The molecule has 1 aliphatic heterocycles. The molecule has 4 rings (SSSR count). The summed E-state index contributed by atoms with van der Waals surface area (Å²) in [6, 6.07) is 9.94. The number of benzene rings is 1. The number of aromatic nitrogens is 1. The average Bonchev–Trinajstić information content (AvgIpc) is 3.25. The summed E-state index contributed by atoms with van der Waals surface area (Å²) in [5, 5.41) is 0. The van der Waals surface area contributed by atoms with Crippen molar-refractivity contribution in [1.82, 2.24) is 9.88 Å². The standard InChI is InChI=1S/C20H21FN2O3/c1-25-19-14(5-4-10-22-19)20(24)23-11-13-8-9-17(15(13)12-23)26-18-7-3-2-6-16(18)21/h2-7,10,13,15,17H,8-9,11-12H2,1H3/t13-,15+,17-/m0/s1. The second-order valence-corrected chi connectivity index (χ2v) is 6.86. The summed E-state index contributed by atoms with van der Waals surface area (Å²) in [6.07, 6.45) is 3.41. The van der Waals surface area contributed by atoms with E-state index < -0.39 is 0 Å². The normalized spacial score (nSPS) is 24.4. The number of carbonyl (C=O) groups excluding carboxylic acids is 1. The molecule has 1 saturated carbocycles. The van der Waals surface area contributed by atoms with Crippen LogP contribution in [-0.2, 0) is 0 Å². The van der Waals surface area contributed by atoms with Gasteiger partial charge < -0.3 is 14.4 Å². The fourth-order valence-electron chi connectivity index (χ4n) is 4.12. The molecular formula is C20H21FN2O3. The van der Waals surface area contributed by atoms with Gasteiger partial charge in [0.1, 0.15) is 11.7 Å². The zero-order valence-corrected chi connectivity index (χ0v) is 14.6. The van der Waals surface area contributed by atoms with Crippen LogP contribution in [-0.4, -0.2) is 42.1 Å². The van der Waals surface area contributed by atoms with E-state index in [1.807, 2.05) is 4.90 Å². The summed E-state index contributed by atoms with van der Waals surface area (Å²) in [5.41, 5.74) is 0.474. The van der Waals surface area contributed by atoms with Crippen molar-refractivity contribution in [1.29, 1.82) is 0 Å². The highest BCUT2D eigenvalue weighted by molar-refractivity contribution is 5.96. The van der Waals surface area contributed by atoms with Crippen LogP contribution in [0.4, 0.5) is 4.39 Å². The van der Waals surface area contributed by atoms with E-state index >= 15 is 0 Å². The predicted octanol–water partition coefficient (Wildman–Crippen LogP) is 3.16.